The van der Waals surface area contributed by atoms with Crippen molar-refractivity contribution in [3.05, 3.63) is 97.1 Å². The highest BCUT2D eigenvalue weighted by atomic mass is 33.1. The van der Waals surface area contributed by atoms with Crippen LogP contribution in [-0.2, 0) is 28.2 Å². The molecule has 8 heteroatoms. The van der Waals surface area contributed by atoms with Crippen molar-refractivity contribution in [1.82, 2.24) is 18.3 Å². The van der Waals surface area contributed by atoms with Gasteiger partial charge in [0.1, 0.15) is 0 Å². The van der Waals surface area contributed by atoms with Gasteiger partial charge in [-0.15, -0.1) is 0 Å². The second-order valence-corrected chi connectivity index (χ2v) is 15.6. The Kier molecular flexibility index (Phi) is 6.08. The van der Waals surface area contributed by atoms with Gasteiger partial charge < -0.3 is 18.3 Å². The lowest BCUT2D eigenvalue weighted by molar-refractivity contribution is 0.851. The van der Waals surface area contributed by atoms with Gasteiger partial charge in [-0.3, -0.25) is 0 Å². The number of nitrogens with zero attached hydrogens (tertiary/aromatic N) is 4. The molecule has 1 aliphatic heterocycles. The molecule has 4 aromatic carbocycles. The lowest BCUT2D eigenvalue weighted by Crippen LogP contribution is -1.94. The molecule has 0 amide bonds. The summed E-state index contributed by atoms with van der Waals surface area (Å²) in [5.74, 6) is 0. The van der Waals surface area contributed by atoms with Gasteiger partial charge in [0.05, 0.1) is 20.1 Å². The van der Waals surface area contributed by atoms with E-state index in [2.05, 4.69) is 144 Å². The number of hydrogen-bond donors (Lipinski definition) is 0. The van der Waals surface area contributed by atoms with E-state index in [-0.39, 0.29) is 0 Å². The third-order valence-electron chi connectivity index (χ3n) is 9.11. The van der Waals surface area contributed by atoms with E-state index in [1.807, 2.05) is 43.2 Å². The summed E-state index contributed by atoms with van der Waals surface area (Å²) in [6.07, 6.45) is 0. The molecule has 8 aromatic rings. The number of fused-ring (bicyclic) bond motifs is 14. The summed E-state index contributed by atoms with van der Waals surface area (Å²) >= 11 is 0. The molecule has 0 bridgehead atoms. The fraction of sp³-hybridized carbons (Fsp3) is 0.111. The first kappa shape index (κ1) is 26.8. The van der Waals surface area contributed by atoms with Gasteiger partial charge in [-0.25, -0.2) is 0 Å². The van der Waals surface area contributed by atoms with Crippen LogP contribution in [-0.4, -0.2) is 18.3 Å². The molecular formula is C36H28N4S4. The zero-order chi connectivity index (χ0) is 29.7. The monoisotopic (exact) mass is 644 g/mol. The summed E-state index contributed by atoms with van der Waals surface area (Å²) in [5, 5.41) is 10.3. The molecule has 4 aromatic heterocycles. The first-order valence-electron chi connectivity index (χ1n) is 14.5. The minimum Gasteiger partial charge on any atom is -0.338 e. The van der Waals surface area contributed by atoms with Crippen LogP contribution in [0.1, 0.15) is 0 Å². The second kappa shape index (κ2) is 9.97. The Balaban J connectivity index is 1.43. The summed E-state index contributed by atoms with van der Waals surface area (Å²) in [6, 6.07) is 35.5. The molecule has 0 fully saturated rings. The largest absolute Gasteiger partial charge is 0.338 e. The average Bonchev–Trinajstić information content (AvgIpc) is 3.69. The van der Waals surface area contributed by atoms with Gasteiger partial charge in [-0.05, 0) is 67.4 Å². The average molecular weight is 645 g/mol. The maximum Gasteiger partial charge on any atom is 0.0948 e. The topological polar surface area (TPSA) is 19.7 Å². The van der Waals surface area contributed by atoms with Crippen LogP contribution in [0.3, 0.4) is 0 Å². The summed E-state index contributed by atoms with van der Waals surface area (Å²) in [6.45, 7) is 0. The van der Waals surface area contributed by atoms with Gasteiger partial charge in [0.25, 0.3) is 0 Å². The molecular weight excluding hydrogens is 617 g/mol. The quantitative estimate of drug-likeness (QED) is 0.153. The van der Waals surface area contributed by atoms with Crippen LogP contribution >= 0.6 is 43.2 Å². The highest BCUT2D eigenvalue weighted by molar-refractivity contribution is 8.77. The Labute approximate surface area is 271 Å². The normalized spacial score (nSPS) is 13.5. The van der Waals surface area contributed by atoms with E-state index in [0.717, 1.165) is 0 Å². The summed E-state index contributed by atoms with van der Waals surface area (Å²) in [5.41, 5.74) is 10.3. The van der Waals surface area contributed by atoms with Crippen molar-refractivity contribution in [1.29, 1.82) is 0 Å². The zero-order valence-electron chi connectivity index (χ0n) is 24.7. The minimum absolute atomic E-state index is 1.25. The first-order chi connectivity index (χ1) is 21.5. The van der Waals surface area contributed by atoms with E-state index in [0.29, 0.717) is 0 Å². The lowest BCUT2D eigenvalue weighted by atomic mass is 10.0. The van der Waals surface area contributed by atoms with Gasteiger partial charge >= 0.3 is 0 Å². The fourth-order valence-corrected chi connectivity index (χ4v) is 12.6. The van der Waals surface area contributed by atoms with Crippen molar-refractivity contribution >= 4 is 86.8 Å². The number of hydrogen-bond acceptors (Lipinski definition) is 4. The Hall–Kier alpha value is -3.56. The van der Waals surface area contributed by atoms with Crippen LogP contribution in [0.2, 0.25) is 0 Å². The number of rotatable bonds is 0. The van der Waals surface area contributed by atoms with Crippen molar-refractivity contribution in [3.8, 4) is 22.3 Å². The van der Waals surface area contributed by atoms with Gasteiger partial charge in [0.15, 0.2) is 0 Å². The molecule has 5 heterocycles. The van der Waals surface area contributed by atoms with Crippen LogP contribution < -0.4 is 0 Å². The summed E-state index contributed by atoms with van der Waals surface area (Å²) < 4.78 is 9.57. The number of benzene rings is 4. The SMILES string of the molecule is Cn1c2c(c3ccccc31)-c1c(n(C)c3ccccc13)SSc1c(c3ccccc3n1C)-c1c(n(C)c3ccccc13)SS2. The molecule has 44 heavy (non-hydrogen) atoms. The van der Waals surface area contributed by atoms with E-state index in [1.165, 1.54) is 86.0 Å². The van der Waals surface area contributed by atoms with Gasteiger partial charge in [0, 0.05) is 94.1 Å². The predicted octanol–water partition coefficient (Wildman–Crippen LogP) is 10.9. The molecule has 0 unspecified atom stereocenters. The van der Waals surface area contributed by atoms with Crippen molar-refractivity contribution in [2.45, 2.75) is 20.1 Å². The maximum absolute atomic E-state index is 2.39. The van der Waals surface area contributed by atoms with Crippen LogP contribution in [0.15, 0.2) is 117 Å². The van der Waals surface area contributed by atoms with Crippen LogP contribution in [0.25, 0.3) is 65.9 Å². The third kappa shape index (κ3) is 3.59. The molecule has 0 N–H and O–H groups in total. The van der Waals surface area contributed by atoms with Crippen LogP contribution in [0.4, 0.5) is 0 Å². The van der Waals surface area contributed by atoms with Crippen LogP contribution in [0.5, 0.6) is 0 Å². The Morgan fingerprint density at radius 2 is 0.523 bits per heavy atom. The number of para-hydroxylation sites is 4. The van der Waals surface area contributed by atoms with Gasteiger partial charge in [-0.2, -0.15) is 0 Å². The highest BCUT2D eigenvalue weighted by Gasteiger charge is 2.30. The zero-order valence-corrected chi connectivity index (χ0v) is 27.9. The Bertz CT molecular complexity index is 2110. The van der Waals surface area contributed by atoms with E-state index in [9.17, 15) is 0 Å². The summed E-state index contributed by atoms with van der Waals surface area (Å²) in [7, 11) is 16.4. The third-order valence-corrected chi connectivity index (χ3v) is 14.2. The molecule has 1 aliphatic rings. The second-order valence-electron chi connectivity index (χ2n) is 11.4. The number of aryl methyl sites for hydroxylation is 4. The first-order valence-corrected chi connectivity index (χ1v) is 18.8. The molecule has 9 rings (SSSR count). The molecule has 0 atom stereocenters. The molecule has 0 radical (unpaired) electrons. The van der Waals surface area contributed by atoms with Crippen molar-refractivity contribution in [3.63, 3.8) is 0 Å². The maximum atomic E-state index is 2.39. The smallest absolute Gasteiger partial charge is 0.0948 e. The summed E-state index contributed by atoms with van der Waals surface area (Å²) in [4.78, 5) is 0. The lowest BCUT2D eigenvalue weighted by Gasteiger charge is -2.15. The highest BCUT2D eigenvalue weighted by Crippen LogP contribution is 2.58. The van der Waals surface area contributed by atoms with Gasteiger partial charge in [0.2, 0.25) is 0 Å². The van der Waals surface area contributed by atoms with E-state index in [4.69, 9.17) is 0 Å². The van der Waals surface area contributed by atoms with E-state index >= 15 is 0 Å². The van der Waals surface area contributed by atoms with Gasteiger partial charge in [-0.1, -0.05) is 72.8 Å². The Morgan fingerprint density at radius 1 is 0.318 bits per heavy atom. The standard InChI is InChI=1S/C36H28N4S4/c1-37-25-17-9-5-13-21(25)29-30-22-14-6-10-18-26(22)38(2)34(30)43-44-36-32(24-16-8-12-20-28(24)40(36)4)31-23-15-7-11-19-27(23)39(3)35(31)42-41-33(29)37/h5-20H,1-4H3. The fourth-order valence-electron chi connectivity index (χ4n) is 6.99. The molecule has 4 nitrogen and oxygen atoms in total. The van der Waals surface area contributed by atoms with E-state index < -0.39 is 0 Å². The molecule has 0 aliphatic carbocycles. The van der Waals surface area contributed by atoms with Crippen molar-refractivity contribution in [2.24, 2.45) is 28.2 Å². The van der Waals surface area contributed by atoms with Crippen molar-refractivity contribution < 1.29 is 0 Å². The minimum atomic E-state index is 1.25. The van der Waals surface area contributed by atoms with Crippen LogP contribution in [0, 0.1) is 0 Å². The van der Waals surface area contributed by atoms with E-state index in [1.54, 1.807) is 0 Å². The predicted molar refractivity (Wildman–Crippen MR) is 193 cm³/mol. The van der Waals surface area contributed by atoms with Crippen molar-refractivity contribution in [2.75, 3.05) is 0 Å². The molecule has 0 saturated carbocycles. The molecule has 0 spiro atoms. The molecule has 216 valence electrons. The Morgan fingerprint density at radius 3 is 0.750 bits per heavy atom. The molecule has 0 saturated heterocycles. The number of aromatic nitrogens is 4.